The quantitative estimate of drug-likeness (QED) is 0.905. The van der Waals surface area contributed by atoms with Crippen LogP contribution in [-0.4, -0.2) is 18.6 Å². The summed E-state index contributed by atoms with van der Waals surface area (Å²) in [5, 5.41) is 2.75. The second kappa shape index (κ2) is 6.15. The molecule has 0 bridgehead atoms. The van der Waals surface area contributed by atoms with E-state index in [4.69, 9.17) is 4.74 Å². The number of nitrogens with one attached hydrogen (secondary N) is 1. The van der Waals surface area contributed by atoms with E-state index in [1.807, 2.05) is 19.9 Å². The van der Waals surface area contributed by atoms with Crippen molar-refractivity contribution < 1.29 is 13.9 Å². The van der Waals surface area contributed by atoms with Gasteiger partial charge < -0.3 is 10.1 Å². The van der Waals surface area contributed by atoms with E-state index >= 15 is 0 Å². The first-order valence-corrected chi connectivity index (χ1v) is 6.76. The number of benzene rings is 1. The number of halogens is 1. The number of ether oxygens (including phenoxy) is 1. The van der Waals surface area contributed by atoms with Crippen molar-refractivity contribution in [2.45, 2.75) is 45.1 Å². The lowest BCUT2D eigenvalue weighted by Gasteiger charge is -2.12. The summed E-state index contributed by atoms with van der Waals surface area (Å²) in [6, 6.07) is 4.67. The Balaban J connectivity index is 1.99. The molecule has 1 heterocycles. The number of carbonyl (C=O) groups is 1. The van der Waals surface area contributed by atoms with Crippen LogP contribution in [0.1, 0.15) is 44.6 Å². The molecule has 0 aromatic heterocycles. The van der Waals surface area contributed by atoms with Crippen LogP contribution in [0.2, 0.25) is 0 Å². The minimum Gasteiger partial charge on any atom is -0.378 e. The molecular formula is C15H20FNO2. The third-order valence-corrected chi connectivity index (χ3v) is 3.31. The number of rotatable bonds is 4. The first-order chi connectivity index (χ1) is 9.04. The van der Waals surface area contributed by atoms with Gasteiger partial charge in [0.2, 0.25) is 5.91 Å². The molecule has 0 aliphatic carbocycles. The highest BCUT2D eigenvalue weighted by molar-refractivity contribution is 5.91. The molecule has 1 fully saturated rings. The molecule has 19 heavy (non-hydrogen) atoms. The summed E-state index contributed by atoms with van der Waals surface area (Å²) >= 11 is 0. The van der Waals surface area contributed by atoms with Crippen LogP contribution >= 0.6 is 0 Å². The van der Waals surface area contributed by atoms with Gasteiger partial charge in [0, 0.05) is 12.3 Å². The van der Waals surface area contributed by atoms with Gasteiger partial charge >= 0.3 is 0 Å². The normalized spacial score (nSPS) is 18.8. The van der Waals surface area contributed by atoms with Crippen molar-refractivity contribution >= 4 is 11.6 Å². The molecule has 0 spiro atoms. The monoisotopic (exact) mass is 265 g/mol. The molecule has 1 aromatic rings. The second-order valence-electron chi connectivity index (χ2n) is 5.32. The topological polar surface area (TPSA) is 38.3 Å². The number of amides is 1. The van der Waals surface area contributed by atoms with Crippen LogP contribution in [0.15, 0.2) is 18.2 Å². The smallest absolute Gasteiger partial charge is 0.226 e. The largest absolute Gasteiger partial charge is 0.378 e. The molecule has 4 heteroatoms. The fraction of sp³-hybridized carbons (Fsp3) is 0.533. The fourth-order valence-corrected chi connectivity index (χ4v) is 2.24. The van der Waals surface area contributed by atoms with Gasteiger partial charge in [-0.25, -0.2) is 4.39 Å². The molecule has 1 atom stereocenters. The van der Waals surface area contributed by atoms with E-state index in [1.54, 1.807) is 0 Å². The summed E-state index contributed by atoms with van der Waals surface area (Å²) in [4.78, 5) is 11.8. The first-order valence-electron chi connectivity index (χ1n) is 6.76. The second-order valence-corrected chi connectivity index (χ2v) is 5.32. The van der Waals surface area contributed by atoms with Crippen LogP contribution in [0, 0.1) is 5.82 Å². The molecule has 1 saturated heterocycles. The molecule has 1 unspecified atom stereocenters. The van der Waals surface area contributed by atoms with Crippen LogP contribution in [0.3, 0.4) is 0 Å². The van der Waals surface area contributed by atoms with Gasteiger partial charge in [0.15, 0.2) is 0 Å². The predicted octanol–water partition coefficient (Wildman–Crippen LogP) is 3.46. The van der Waals surface area contributed by atoms with E-state index in [0.717, 1.165) is 25.0 Å². The maximum Gasteiger partial charge on any atom is 0.226 e. The van der Waals surface area contributed by atoms with Crippen molar-refractivity contribution in [3.05, 3.63) is 29.6 Å². The van der Waals surface area contributed by atoms with Gasteiger partial charge in [0.05, 0.1) is 12.5 Å². The van der Waals surface area contributed by atoms with Gasteiger partial charge in [0.25, 0.3) is 0 Å². The van der Waals surface area contributed by atoms with Crippen LogP contribution in [0.25, 0.3) is 0 Å². The third-order valence-electron chi connectivity index (χ3n) is 3.31. The molecule has 2 rings (SSSR count). The molecular weight excluding hydrogens is 245 g/mol. The molecule has 3 nitrogen and oxygen atoms in total. The Bertz CT molecular complexity index is 453. The number of carbonyl (C=O) groups excluding carboxylic acids is 1. The van der Waals surface area contributed by atoms with Gasteiger partial charge in [-0.05, 0) is 42.5 Å². The van der Waals surface area contributed by atoms with E-state index in [2.05, 4.69) is 5.32 Å². The summed E-state index contributed by atoms with van der Waals surface area (Å²) in [5.41, 5.74) is 1.40. The van der Waals surface area contributed by atoms with E-state index in [0.29, 0.717) is 12.1 Å². The van der Waals surface area contributed by atoms with Crippen molar-refractivity contribution in [3.63, 3.8) is 0 Å². The third kappa shape index (κ3) is 4.03. The zero-order chi connectivity index (χ0) is 13.8. The summed E-state index contributed by atoms with van der Waals surface area (Å²) in [5.74, 6) is -0.213. The minimum absolute atomic E-state index is 0.0122. The molecule has 0 radical (unpaired) electrons. The molecule has 1 aromatic carbocycles. The lowest BCUT2D eigenvalue weighted by molar-refractivity contribution is -0.118. The Morgan fingerprint density at radius 2 is 2.26 bits per heavy atom. The number of anilines is 1. The lowest BCUT2D eigenvalue weighted by Crippen LogP contribution is -2.19. The predicted molar refractivity (Wildman–Crippen MR) is 72.7 cm³/mol. The Labute approximate surface area is 113 Å². The summed E-state index contributed by atoms with van der Waals surface area (Å²) < 4.78 is 18.9. The van der Waals surface area contributed by atoms with E-state index < -0.39 is 0 Å². The van der Waals surface area contributed by atoms with Crippen LogP contribution in [0.4, 0.5) is 10.1 Å². The average molecular weight is 265 g/mol. The number of hydrogen-bond donors (Lipinski definition) is 1. The SMILES string of the molecule is CC(C)c1cc(F)cc(NC(=O)CC2CCCO2)c1. The maximum atomic E-state index is 13.5. The molecule has 0 saturated carbocycles. The van der Waals surface area contributed by atoms with Gasteiger partial charge in [-0.3, -0.25) is 4.79 Å². The van der Waals surface area contributed by atoms with E-state index in [1.165, 1.54) is 12.1 Å². The summed E-state index contributed by atoms with van der Waals surface area (Å²) in [6.07, 6.45) is 2.29. The van der Waals surface area contributed by atoms with E-state index in [9.17, 15) is 9.18 Å². The van der Waals surface area contributed by atoms with Gasteiger partial charge in [-0.15, -0.1) is 0 Å². The standard InChI is InChI=1S/C15H20FNO2/c1-10(2)11-6-12(16)8-13(7-11)17-15(18)9-14-4-3-5-19-14/h6-8,10,14H,3-5,9H2,1-2H3,(H,17,18). The van der Waals surface area contributed by atoms with Crippen molar-refractivity contribution in [1.29, 1.82) is 0 Å². The summed E-state index contributed by atoms with van der Waals surface area (Å²) in [6.45, 7) is 4.72. The number of hydrogen-bond acceptors (Lipinski definition) is 2. The van der Waals surface area contributed by atoms with Gasteiger partial charge in [-0.2, -0.15) is 0 Å². The molecule has 1 aliphatic rings. The van der Waals surface area contributed by atoms with Crippen LogP contribution < -0.4 is 5.32 Å². The Hall–Kier alpha value is -1.42. The summed E-state index contributed by atoms with van der Waals surface area (Å²) in [7, 11) is 0. The lowest BCUT2D eigenvalue weighted by atomic mass is 10.0. The first kappa shape index (κ1) is 14.0. The van der Waals surface area contributed by atoms with E-state index in [-0.39, 0.29) is 23.7 Å². The highest BCUT2D eigenvalue weighted by atomic mass is 19.1. The maximum absolute atomic E-state index is 13.5. The Morgan fingerprint density at radius 3 is 2.89 bits per heavy atom. The fourth-order valence-electron chi connectivity index (χ4n) is 2.24. The van der Waals surface area contributed by atoms with Crippen molar-refractivity contribution in [3.8, 4) is 0 Å². The Kier molecular flexibility index (Phi) is 4.53. The molecule has 1 amide bonds. The van der Waals surface area contributed by atoms with Gasteiger partial charge in [0.1, 0.15) is 5.82 Å². The highest BCUT2D eigenvalue weighted by Gasteiger charge is 2.19. The zero-order valence-electron chi connectivity index (χ0n) is 11.4. The zero-order valence-corrected chi connectivity index (χ0v) is 11.4. The van der Waals surface area contributed by atoms with Gasteiger partial charge in [-0.1, -0.05) is 13.8 Å². The van der Waals surface area contributed by atoms with Crippen molar-refractivity contribution in [2.75, 3.05) is 11.9 Å². The molecule has 1 N–H and O–H groups in total. The molecule has 104 valence electrons. The van der Waals surface area contributed by atoms with Crippen LogP contribution in [-0.2, 0) is 9.53 Å². The van der Waals surface area contributed by atoms with Crippen molar-refractivity contribution in [1.82, 2.24) is 0 Å². The molecule has 1 aliphatic heterocycles. The Morgan fingerprint density at radius 1 is 1.47 bits per heavy atom. The average Bonchev–Trinajstić information content (AvgIpc) is 2.80. The highest BCUT2D eigenvalue weighted by Crippen LogP contribution is 2.22. The van der Waals surface area contributed by atoms with Crippen LogP contribution in [0.5, 0.6) is 0 Å². The minimum atomic E-state index is -0.321. The van der Waals surface area contributed by atoms with Crippen molar-refractivity contribution in [2.24, 2.45) is 0 Å².